The Labute approximate surface area is 211 Å². The Balaban J connectivity index is 1.61. The smallest absolute Gasteiger partial charge is 0.271 e. The van der Waals surface area contributed by atoms with Gasteiger partial charge in [-0.3, -0.25) is 9.36 Å². The van der Waals surface area contributed by atoms with E-state index in [9.17, 15) is 9.90 Å². The molecule has 36 heavy (non-hydrogen) atoms. The topological polar surface area (TPSA) is 73.1 Å². The minimum absolute atomic E-state index is 0.0560. The van der Waals surface area contributed by atoms with E-state index in [1.807, 2.05) is 41.0 Å². The molecule has 0 saturated heterocycles. The number of phenolic OH excluding ortho intramolecular Hbond substituents is 1. The third-order valence-electron chi connectivity index (χ3n) is 6.78. The van der Waals surface area contributed by atoms with Gasteiger partial charge in [0.25, 0.3) is 5.56 Å². The van der Waals surface area contributed by atoms with E-state index in [4.69, 9.17) is 14.5 Å². The van der Waals surface area contributed by atoms with Crippen LogP contribution in [0.2, 0.25) is 0 Å². The molecule has 0 fully saturated rings. The summed E-state index contributed by atoms with van der Waals surface area (Å²) < 4.78 is 13.1. The van der Waals surface area contributed by atoms with Gasteiger partial charge >= 0.3 is 0 Å². The van der Waals surface area contributed by atoms with Crippen LogP contribution in [-0.2, 0) is 6.42 Å². The summed E-state index contributed by atoms with van der Waals surface area (Å²) in [5, 5.41) is 9.96. The fourth-order valence-corrected chi connectivity index (χ4v) is 6.07. The SMILES string of the molecule is COc1cccc(C2C3=C(N=c4s/c(=C/c5ccc(O)c(OC)c5)c(=O)n42)c2ccccc2CC3)c1. The van der Waals surface area contributed by atoms with E-state index in [0.29, 0.717) is 15.1 Å². The maximum atomic E-state index is 13.8. The van der Waals surface area contributed by atoms with E-state index >= 15 is 0 Å². The van der Waals surface area contributed by atoms with Gasteiger partial charge in [-0.1, -0.05) is 53.8 Å². The van der Waals surface area contributed by atoms with Crippen LogP contribution in [0, 0.1) is 0 Å². The molecule has 2 aliphatic rings. The molecule has 1 aliphatic carbocycles. The summed E-state index contributed by atoms with van der Waals surface area (Å²) in [5.41, 5.74) is 6.18. The lowest BCUT2D eigenvalue weighted by atomic mass is 9.83. The van der Waals surface area contributed by atoms with Gasteiger partial charge in [-0.2, -0.15) is 0 Å². The Morgan fingerprint density at radius 3 is 2.72 bits per heavy atom. The molecule has 6 nitrogen and oxygen atoms in total. The first-order chi connectivity index (χ1) is 17.6. The van der Waals surface area contributed by atoms with E-state index in [1.165, 1.54) is 24.0 Å². The number of aryl methyl sites for hydroxylation is 1. The second-order valence-corrected chi connectivity index (χ2v) is 9.83. The molecule has 1 aromatic heterocycles. The summed E-state index contributed by atoms with van der Waals surface area (Å²) in [6.07, 6.45) is 3.56. The lowest BCUT2D eigenvalue weighted by Crippen LogP contribution is -2.38. The van der Waals surface area contributed by atoms with Crippen molar-refractivity contribution in [2.24, 2.45) is 4.99 Å². The summed E-state index contributed by atoms with van der Waals surface area (Å²) in [7, 11) is 3.15. The van der Waals surface area contributed by atoms with E-state index in [2.05, 4.69) is 18.2 Å². The first-order valence-corrected chi connectivity index (χ1v) is 12.5. The van der Waals surface area contributed by atoms with E-state index in [-0.39, 0.29) is 17.4 Å². The van der Waals surface area contributed by atoms with Crippen LogP contribution in [0.4, 0.5) is 0 Å². The molecule has 2 heterocycles. The standard InChI is InChI=1S/C29H24N2O4S/c1-34-20-8-5-7-19(16-20)27-22-12-11-18-6-3-4-9-21(18)26(22)30-29-31(27)28(33)25(36-29)15-17-10-13-23(32)24(14-17)35-2/h3-10,13-16,27,32H,11-12H2,1-2H3/b25-15+. The predicted octanol–water partition coefficient (Wildman–Crippen LogP) is 4.04. The van der Waals surface area contributed by atoms with Crippen molar-refractivity contribution < 1.29 is 14.6 Å². The lowest BCUT2D eigenvalue weighted by molar-refractivity contribution is 0.373. The molecule has 1 aliphatic heterocycles. The molecule has 0 radical (unpaired) electrons. The second-order valence-electron chi connectivity index (χ2n) is 8.82. The zero-order chi connectivity index (χ0) is 24.8. The van der Waals surface area contributed by atoms with Crippen LogP contribution in [0.25, 0.3) is 11.8 Å². The highest BCUT2D eigenvalue weighted by Gasteiger charge is 2.32. The van der Waals surface area contributed by atoms with Crippen LogP contribution in [0.3, 0.4) is 0 Å². The minimum atomic E-state index is -0.267. The van der Waals surface area contributed by atoms with Gasteiger partial charge in [0.15, 0.2) is 16.3 Å². The number of ether oxygens (including phenoxy) is 2. The summed E-state index contributed by atoms with van der Waals surface area (Å²) in [6, 6.07) is 21.1. The summed E-state index contributed by atoms with van der Waals surface area (Å²) in [4.78, 5) is 19.6. The van der Waals surface area contributed by atoms with Gasteiger partial charge in [0, 0.05) is 5.56 Å². The van der Waals surface area contributed by atoms with Gasteiger partial charge in [-0.15, -0.1) is 0 Å². The Bertz CT molecular complexity index is 1710. The molecule has 0 amide bonds. The van der Waals surface area contributed by atoms with Crippen molar-refractivity contribution in [2.75, 3.05) is 14.2 Å². The number of benzene rings is 3. The summed E-state index contributed by atoms with van der Waals surface area (Å²) in [5.74, 6) is 1.17. The number of rotatable bonds is 4. The largest absolute Gasteiger partial charge is 0.504 e. The van der Waals surface area contributed by atoms with Crippen molar-refractivity contribution in [1.29, 1.82) is 0 Å². The average molecular weight is 497 g/mol. The van der Waals surface area contributed by atoms with Crippen molar-refractivity contribution in [3.05, 3.63) is 114 Å². The molecule has 4 aromatic rings. The number of aromatic nitrogens is 1. The highest BCUT2D eigenvalue weighted by Crippen LogP contribution is 2.41. The quantitative estimate of drug-likeness (QED) is 0.463. The number of thiazole rings is 1. The Kier molecular flexibility index (Phi) is 5.49. The molecule has 6 rings (SSSR count). The van der Waals surface area contributed by atoms with Gasteiger partial charge in [-0.05, 0) is 65.4 Å². The Morgan fingerprint density at radius 2 is 1.89 bits per heavy atom. The van der Waals surface area contributed by atoms with E-state index < -0.39 is 0 Å². The molecule has 1 N–H and O–H groups in total. The Hall–Kier alpha value is -4.10. The third kappa shape index (κ3) is 3.63. The first kappa shape index (κ1) is 22.4. The molecule has 3 aromatic carbocycles. The van der Waals surface area contributed by atoms with Crippen molar-refractivity contribution >= 4 is 23.1 Å². The summed E-state index contributed by atoms with van der Waals surface area (Å²) >= 11 is 1.37. The Morgan fingerprint density at radius 1 is 1.03 bits per heavy atom. The maximum Gasteiger partial charge on any atom is 0.271 e. The predicted molar refractivity (Wildman–Crippen MR) is 140 cm³/mol. The van der Waals surface area contributed by atoms with Crippen LogP contribution in [0.1, 0.15) is 34.7 Å². The van der Waals surface area contributed by atoms with Gasteiger partial charge in [0.05, 0.1) is 30.5 Å². The van der Waals surface area contributed by atoms with Crippen LogP contribution in [-0.4, -0.2) is 23.9 Å². The van der Waals surface area contributed by atoms with E-state index in [0.717, 1.165) is 46.6 Å². The molecule has 1 unspecified atom stereocenters. The number of aromatic hydroxyl groups is 1. The third-order valence-corrected chi connectivity index (χ3v) is 7.77. The molecule has 7 heteroatoms. The van der Waals surface area contributed by atoms with Crippen molar-refractivity contribution in [3.63, 3.8) is 0 Å². The highest BCUT2D eigenvalue weighted by molar-refractivity contribution is 7.07. The number of methoxy groups -OCH3 is 2. The molecular formula is C29H24N2O4S. The number of phenols is 1. The second kappa shape index (κ2) is 8.84. The van der Waals surface area contributed by atoms with Crippen molar-refractivity contribution in [3.8, 4) is 17.2 Å². The van der Waals surface area contributed by atoms with Gasteiger partial charge in [0.2, 0.25) is 0 Å². The van der Waals surface area contributed by atoms with Crippen LogP contribution in [0.5, 0.6) is 17.2 Å². The zero-order valence-electron chi connectivity index (χ0n) is 19.9. The monoisotopic (exact) mass is 496 g/mol. The first-order valence-electron chi connectivity index (χ1n) is 11.7. The molecule has 0 spiro atoms. The van der Waals surface area contributed by atoms with Crippen LogP contribution in [0.15, 0.2) is 82.1 Å². The van der Waals surface area contributed by atoms with Gasteiger partial charge in [0.1, 0.15) is 5.75 Å². The van der Waals surface area contributed by atoms with Crippen LogP contribution < -0.4 is 24.4 Å². The number of hydrogen-bond donors (Lipinski definition) is 1. The fourth-order valence-electron chi connectivity index (χ4n) is 5.07. The molecule has 0 bridgehead atoms. The number of nitrogens with zero attached hydrogens (tertiary/aromatic N) is 2. The average Bonchev–Trinajstić information content (AvgIpc) is 3.22. The molecule has 0 saturated carbocycles. The molecular weight excluding hydrogens is 472 g/mol. The van der Waals surface area contributed by atoms with E-state index in [1.54, 1.807) is 25.3 Å². The van der Waals surface area contributed by atoms with Crippen LogP contribution >= 0.6 is 11.3 Å². The lowest BCUT2D eigenvalue weighted by Gasteiger charge is -2.31. The summed E-state index contributed by atoms with van der Waals surface area (Å²) in [6.45, 7) is 0. The fraction of sp³-hybridized carbons (Fsp3) is 0.172. The molecule has 180 valence electrons. The van der Waals surface area contributed by atoms with Crippen molar-refractivity contribution in [2.45, 2.75) is 18.9 Å². The number of hydrogen-bond acceptors (Lipinski definition) is 6. The number of fused-ring (bicyclic) bond motifs is 3. The minimum Gasteiger partial charge on any atom is -0.504 e. The zero-order valence-corrected chi connectivity index (χ0v) is 20.7. The maximum absolute atomic E-state index is 13.8. The molecule has 1 atom stereocenters. The highest BCUT2D eigenvalue weighted by atomic mass is 32.1. The van der Waals surface area contributed by atoms with Crippen molar-refractivity contribution in [1.82, 2.24) is 4.57 Å². The van der Waals surface area contributed by atoms with Gasteiger partial charge in [-0.25, -0.2) is 4.99 Å². The van der Waals surface area contributed by atoms with Gasteiger partial charge < -0.3 is 14.6 Å². The normalized spacial score (nSPS) is 16.6. The number of allylic oxidation sites excluding steroid dienone is 1.